The Morgan fingerprint density at radius 2 is 1.77 bits per heavy atom. The Bertz CT molecular complexity index is 517. The molecule has 1 saturated carbocycles. The van der Waals surface area contributed by atoms with Gasteiger partial charge in [-0.3, -0.25) is 9.80 Å². The van der Waals surface area contributed by atoms with E-state index in [9.17, 15) is 10.2 Å². The van der Waals surface area contributed by atoms with Crippen LogP contribution in [0.15, 0.2) is 0 Å². The van der Waals surface area contributed by atoms with Crippen LogP contribution in [-0.4, -0.2) is 108 Å². The lowest BCUT2D eigenvalue weighted by atomic mass is 9.89. The fraction of sp³-hybridized carbons (Fsp3) is 1.00. The molecule has 4 rings (SSSR count). The van der Waals surface area contributed by atoms with Gasteiger partial charge in [-0.1, -0.05) is 6.42 Å². The van der Waals surface area contributed by atoms with Crippen molar-refractivity contribution in [1.29, 1.82) is 0 Å². The molecule has 0 aromatic heterocycles. The molecule has 4 aliphatic rings. The summed E-state index contributed by atoms with van der Waals surface area (Å²) in [6.45, 7) is 7.14. The number of quaternary nitrogens is 2. The second-order valence-corrected chi connectivity index (χ2v) is 10.5. The van der Waals surface area contributed by atoms with Crippen molar-refractivity contribution in [2.45, 2.75) is 80.8 Å². The zero-order valence-electron chi connectivity index (χ0n) is 18.4. The Kier molecular flexibility index (Phi) is 8.68. The quantitative estimate of drug-likeness (QED) is 0.358. The van der Waals surface area contributed by atoms with Gasteiger partial charge < -0.3 is 25.6 Å². The number of aliphatic hydroxyl groups excluding tert-OH is 2. The zero-order valence-corrected chi connectivity index (χ0v) is 19.1. The van der Waals surface area contributed by atoms with Crippen LogP contribution in [0.25, 0.3) is 0 Å². The summed E-state index contributed by atoms with van der Waals surface area (Å²) in [5.74, 6) is 0.690. The Morgan fingerprint density at radius 1 is 0.967 bits per heavy atom. The minimum absolute atomic E-state index is 0.0111. The molecule has 8 heteroatoms. The summed E-state index contributed by atoms with van der Waals surface area (Å²) >= 11 is 6.35. The Labute approximate surface area is 186 Å². The molecule has 0 spiro atoms. The first-order valence-electron chi connectivity index (χ1n) is 12.4. The van der Waals surface area contributed by atoms with Crippen LogP contribution in [0.4, 0.5) is 0 Å². The molecule has 174 valence electrons. The van der Waals surface area contributed by atoms with Crippen molar-refractivity contribution >= 4 is 11.6 Å². The first kappa shape index (κ1) is 23.2. The summed E-state index contributed by atoms with van der Waals surface area (Å²) in [5, 5.41) is 25.8. The Morgan fingerprint density at radius 3 is 2.47 bits per heavy atom. The highest BCUT2D eigenvalue weighted by Gasteiger charge is 2.48. The van der Waals surface area contributed by atoms with Crippen LogP contribution in [0.5, 0.6) is 0 Å². The summed E-state index contributed by atoms with van der Waals surface area (Å²) in [6.07, 6.45) is 8.32. The van der Waals surface area contributed by atoms with E-state index in [-0.39, 0.29) is 18.8 Å². The van der Waals surface area contributed by atoms with E-state index in [4.69, 9.17) is 16.3 Å². The standard InChI is InChI=1S/C22H41ClN4O3/c23-17-5-3-4-16(12-17)13-24-14-18-21(22(29)19(15-28)30-18)27-10-8-26(9-11-27)20-6-1-2-7-25-20/h16-22,24-25,28-29H,1-15H2/p+2. The zero-order chi connectivity index (χ0) is 20.9. The van der Waals surface area contributed by atoms with Gasteiger partial charge in [0.25, 0.3) is 0 Å². The minimum Gasteiger partial charge on any atom is -0.394 e. The van der Waals surface area contributed by atoms with Crippen molar-refractivity contribution in [2.24, 2.45) is 5.92 Å². The summed E-state index contributed by atoms with van der Waals surface area (Å²) in [7, 11) is 0. The molecular weight excluding hydrogens is 404 g/mol. The van der Waals surface area contributed by atoms with Gasteiger partial charge in [0.05, 0.1) is 25.7 Å². The highest BCUT2D eigenvalue weighted by Crippen LogP contribution is 2.28. The van der Waals surface area contributed by atoms with Crippen LogP contribution < -0.4 is 10.6 Å². The van der Waals surface area contributed by atoms with Gasteiger partial charge in [-0.2, -0.15) is 0 Å². The molecular formula is C22H43ClN4O3+2. The number of nitrogens with two attached hydrogens (primary N) is 2. The number of hydrogen-bond acceptors (Lipinski definition) is 5. The molecule has 7 unspecified atom stereocenters. The van der Waals surface area contributed by atoms with E-state index in [2.05, 4.69) is 20.4 Å². The maximum atomic E-state index is 10.9. The number of ether oxygens (including phenoxy) is 1. The Balaban J connectivity index is 1.28. The largest absolute Gasteiger partial charge is 0.394 e. The number of nitrogens with zero attached hydrogens (tertiary/aromatic N) is 2. The maximum absolute atomic E-state index is 10.9. The molecule has 7 nitrogen and oxygen atoms in total. The van der Waals surface area contributed by atoms with Gasteiger partial charge in [-0.05, 0) is 32.1 Å². The highest BCUT2D eigenvalue weighted by atomic mass is 35.5. The van der Waals surface area contributed by atoms with Gasteiger partial charge >= 0.3 is 0 Å². The molecule has 0 radical (unpaired) electrons. The van der Waals surface area contributed by atoms with E-state index in [0.717, 1.165) is 52.1 Å². The van der Waals surface area contributed by atoms with Crippen molar-refractivity contribution in [3.8, 4) is 0 Å². The summed E-state index contributed by atoms with van der Waals surface area (Å²) in [6, 6.07) is -0.0111. The minimum atomic E-state index is -0.608. The third-order valence-corrected chi connectivity index (χ3v) is 8.29. The van der Waals surface area contributed by atoms with Crippen LogP contribution in [0.2, 0.25) is 0 Å². The molecule has 4 fully saturated rings. The van der Waals surface area contributed by atoms with Crippen molar-refractivity contribution in [2.75, 3.05) is 52.4 Å². The first-order chi connectivity index (χ1) is 14.7. The molecule has 0 aromatic carbocycles. The summed E-state index contributed by atoms with van der Waals surface area (Å²) in [4.78, 5) is 5.04. The molecule has 0 bridgehead atoms. The molecule has 30 heavy (non-hydrogen) atoms. The maximum Gasteiger partial charge on any atom is 0.142 e. The molecule has 3 heterocycles. The predicted molar refractivity (Wildman–Crippen MR) is 116 cm³/mol. The van der Waals surface area contributed by atoms with Gasteiger partial charge in [0.15, 0.2) is 0 Å². The fourth-order valence-corrected chi connectivity index (χ4v) is 6.59. The van der Waals surface area contributed by atoms with Crippen LogP contribution in [0.3, 0.4) is 0 Å². The average Bonchev–Trinajstić information content (AvgIpc) is 3.10. The van der Waals surface area contributed by atoms with Gasteiger partial charge in [-0.15, -0.1) is 11.6 Å². The van der Waals surface area contributed by atoms with E-state index in [0.29, 0.717) is 17.5 Å². The van der Waals surface area contributed by atoms with Crippen LogP contribution in [0.1, 0.15) is 44.9 Å². The second kappa shape index (κ2) is 11.2. The lowest BCUT2D eigenvalue weighted by Crippen LogP contribution is -2.95. The number of alkyl halides is 1. The SMILES string of the molecule is OCC1OC(C[NH2+]CC2CCCC(Cl)C2)C(N2CCN(C3CCCC[NH2+]3)CC2)C1O. The monoisotopic (exact) mass is 446 g/mol. The van der Waals surface area contributed by atoms with E-state index < -0.39 is 12.2 Å². The predicted octanol–water partition coefficient (Wildman–Crippen LogP) is -1.47. The topological polar surface area (TPSA) is 89.4 Å². The summed E-state index contributed by atoms with van der Waals surface area (Å²) in [5.41, 5.74) is 0. The number of halogens is 1. The number of hydrogen-bond donors (Lipinski definition) is 4. The van der Waals surface area contributed by atoms with Crippen LogP contribution >= 0.6 is 11.6 Å². The van der Waals surface area contributed by atoms with E-state index in [1.54, 1.807) is 0 Å². The lowest BCUT2D eigenvalue weighted by Gasteiger charge is -2.42. The third kappa shape index (κ3) is 5.67. The lowest BCUT2D eigenvalue weighted by molar-refractivity contribution is -0.717. The van der Waals surface area contributed by atoms with Crippen molar-refractivity contribution in [1.82, 2.24) is 9.80 Å². The van der Waals surface area contributed by atoms with Crippen molar-refractivity contribution in [3.63, 3.8) is 0 Å². The smallest absolute Gasteiger partial charge is 0.142 e. The molecule has 1 aliphatic carbocycles. The van der Waals surface area contributed by atoms with Gasteiger partial charge in [0.1, 0.15) is 31.0 Å². The number of aliphatic hydroxyl groups is 2. The number of rotatable bonds is 7. The molecule has 0 aromatic rings. The van der Waals surface area contributed by atoms with Crippen LogP contribution in [-0.2, 0) is 4.74 Å². The second-order valence-electron chi connectivity index (χ2n) is 9.93. The van der Waals surface area contributed by atoms with Crippen molar-refractivity contribution in [3.05, 3.63) is 0 Å². The van der Waals surface area contributed by atoms with E-state index in [1.807, 2.05) is 0 Å². The number of piperidine rings is 1. The molecule has 3 aliphatic heterocycles. The van der Waals surface area contributed by atoms with Gasteiger partial charge in [0.2, 0.25) is 0 Å². The van der Waals surface area contributed by atoms with Gasteiger partial charge in [0, 0.05) is 43.9 Å². The normalized spacial score (nSPS) is 41.9. The molecule has 6 N–H and O–H groups in total. The highest BCUT2D eigenvalue weighted by molar-refractivity contribution is 6.20. The first-order valence-corrected chi connectivity index (χ1v) is 12.8. The summed E-state index contributed by atoms with van der Waals surface area (Å²) < 4.78 is 6.12. The molecule has 0 amide bonds. The molecule has 3 saturated heterocycles. The Hall–Kier alpha value is 0.01000. The van der Waals surface area contributed by atoms with E-state index in [1.165, 1.54) is 38.6 Å². The fourth-order valence-electron chi connectivity index (χ4n) is 6.18. The third-order valence-electron chi connectivity index (χ3n) is 7.89. The average molecular weight is 447 g/mol. The number of piperazine rings is 1. The van der Waals surface area contributed by atoms with Gasteiger partial charge in [-0.25, -0.2) is 0 Å². The van der Waals surface area contributed by atoms with Crippen molar-refractivity contribution < 1.29 is 25.6 Å². The van der Waals surface area contributed by atoms with Crippen LogP contribution in [0, 0.1) is 5.92 Å². The van der Waals surface area contributed by atoms with E-state index >= 15 is 0 Å². The molecule has 7 atom stereocenters.